The van der Waals surface area contributed by atoms with E-state index >= 15 is 0 Å². The van der Waals surface area contributed by atoms with E-state index in [-0.39, 0.29) is 6.61 Å². The van der Waals surface area contributed by atoms with E-state index in [1.165, 1.54) is 5.56 Å². The Morgan fingerprint density at radius 2 is 1.72 bits per heavy atom. The van der Waals surface area contributed by atoms with Crippen molar-refractivity contribution in [3.63, 3.8) is 0 Å². The van der Waals surface area contributed by atoms with Gasteiger partial charge in [0, 0.05) is 50.7 Å². The second-order valence-corrected chi connectivity index (χ2v) is 6.23. The number of aliphatic hydroxyl groups is 1. The molecule has 2 heterocycles. The predicted molar refractivity (Wildman–Crippen MR) is 97.6 cm³/mol. The molecular formula is C19H26N4O2. The lowest BCUT2D eigenvalue weighted by atomic mass is 10.1. The van der Waals surface area contributed by atoms with Gasteiger partial charge in [0.05, 0.1) is 19.8 Å². The number of hydrogen-bond acceptors (Lipinski definition) is 6. The molecule has 1 aliphatic rings. The van der Waals surface area contributed by atoms with Crippen molar-refractivity contribution in [2.75, 3.05) is 50.9 Å². The van der Waals surface area contributed by atoms with Gasteiger partial charge >= 0.3 is 0 Å². The zero-order valence-corrected chi connectivity index (χ0v) is 14.5. The third-order valence-electron chi connectivity index (χ3n) is 4.37. The van der Waals surface area contributed by atoms with Gasteiger partial charge in [-0.15, -0.1) is 0 Å². The molecule has 0 unspecified atom stereocenters. The molecule has 1 saturated heterocycles. The normalized spacial score (nSPS) is 14.9. The average Bonchev–Trinajstić information content (AvgIpc) is 2.68. The van der Waals surface area contributed by atoms with Crippen molar-refractivity contribution >= 4 is 5.95 Å². The summed E-state index contributed by atoms with van der Waals surface area (Å²) >= 11 is 0. The number of aromatic nitrogens is 2. The average molecular weight is 342 g/mol. The van der Waals surface area contributed by atoms with Gasteiger partial charge < -0.3 is 14.7 Å². The molecule has 2 aromatic rings. The minimum Gasteiger partial charge on any atom is -0.395 e. The van der Waals surface area contributed by atoms with E-state index in [0.717, 1.165) is 57.3 Å². The molecule has 0 saturated carbocycles. The summed E-state index contributed by atoms with van der Waals surface area (Å²) in [6.45, 7) is 5.59. The molecular weight excluding hydrogens is 316 g/mol. The SMILES string of the molecule is OCCN(CCc1ccccc1)Cc1cnc(N2CCOCC2)nc1. The van der Waals surface area contributed by atoms with Crippen molar-refractivity contribution in [2.24, 2.45) is 0 Å². The molecule has 1 aromatic heterocycles. The Kier molecular flexibility index (Phi) is 6.73. The van der Waals surface area contributed by atoms with Crippen molar-refractivity contribution < 1.29 is 9.84 Å². The molecule has 0 amide bonds. The number of nitrogens with zero attached hydrogens (tertiary/aromatic N) is 4. The molecule has 6 heteroatoms. The van der Waals surface area contributed by atoms with Crippen molar-refractivity contribution in [3.05, 3.63) is 53.9 Å². The van der Waals surface area contributed by atoms with Crippen molar-refractivity contribution in [1.29, 1.82) is 0 Å². The molecule has 0 aliphatic carbocycles. The van der Waals surface area contributed by atoms with Gasteiger partial charge in [-0.3, -0.25) is 4.90 Å². The van der Waals surface area contributed by atoms with E-state index in [2.05, 4.69) is 44.0 Å². The van der Waals surface area contributed by atoms with Crippen LogP contribution in [0, 0.1) is 0 Å². The number of hydrogen-bond donors (Lipinski definition) is 1. The molecule has 25 heavy (non-hydrogen) atoms. The van der Waals surface area contributed by atoms with Crippen molar-refractivity contribution in [2.45, 2.75) is 13.0 Å². The van der Waals surface area contributed by atoms with Crippen LogP contribution in [0.5, 0.6) is 0 Å². The maximum atomic E-state index is 9.33. The number of benzene rings is 1. The van der Waals surface area contributed by atoms with Crippen LogP contribution in [0.25, 0.3) is 0 Å². The second-order valence-electron chi connectivity index (χ2n) is 6.23. The summed E-state index contributed by atoms with van der Waals surface area (Å²) in [4.78, 5) is 13.4. The first-order chi connectivity index (χ1) is 12.3. The monoisotopic (exact) mass is 342 g/mol. The topological polar surface area (TPSA) is 61.7 Å². The Labute approximate surface area is 149 Å². The Bertz CT molecular complexity index is 615. The molecule has 0 atom stereocenters. The van der Waals surface area contributed by atoms with Crippen LogP contribution in [0.15, 0.2) is 42.7 Å². The highest BCUT2D eigenvalue weighted by Crippen LogP contribution is 2.11. The lowest BCUT2D eigenvalue weighted by Crippen LogP contribution is -2.37. The summed E-state index contributed by atoms with van der Waals surface area (Å²) in [6.07, 6.45) is 4.75. The number of aliphatic hydroxyl groups excluding tert-OH is 1. The van der Waals surface area contributed by atoms with Crippen LogP contribution >= 0.6 is 0 Å². The van der Waals surface area contributed by atoms with Gasteiger partial charge in [0.25, 0.3) is 0 Å². The molecule has 1 aromatic carbocycles. The predicted octanol–water partition coefficient (Wildman–Crippen LogP) is 1.35. The van der Waals surface area contributed by atoms with E-state index < -0.39 is 0 Å². The Morgan fingerprint density at radius 1 is 1.00 bits per heavy atom. The van der Waals surface area contributed by atoms with Gasteiger partial charge in [-0.25, -0.2) is 9.97 Å². The van der Waals surface area contributed by atoms with Crippen LogP contribution in [0.1, 0.15) is 11.1 Å². The first kappa shape index (κ1) is 17.8. The van der Waals surface area contributed by atoms with Crippen molar-refractivity contribution in [3.8, 4) is 0 Å². The molecule has 1 fully saturated rings. The first-order valence-corrected chi connectivity index (χ1v) is 8.86. The molecule has 1 N–H and O–H groups in total. The zero-order chi connectivity index (χ0) is 17.3. The lowest BCUT2D eigenvalue weighted by Gasteiger charge is -2.27. The van der Waals surface area contributed by atoms with Crippen LogP contribution in [-0.2, 0) is 17.7 Å². The summed E-state index contributed by atoms with van der Waals surface area (Å²) in [7, 11) is 0. The zero-order valence-electron chi connectivity index (χ0n) is 14.5. The molecule has 1 aliphatic heterocycles. The highest BCUT2D eigenvalue weighted by atomic mass is 16.5. The van der Waals surface area contributed by atoms with Crippen LogP contribution < -0.4 is 4.90 Å². The summed E-state index contributed by atoms with van der Waals surface area (Å²) in [6, 6.07) is 10.4. The Balaban J connectivity index is 1.55. The fraction of sp³-hybridized carbons (Fsp3) is 0.474. The lowest BCUT2D eigenvalue weighted by molar-refractivity contribution is 0.122. The van der Waals surface area contributed by atoms with Crippen molar-refractivity contribution in [1.82, 2.24) is 14.9 Å². The summed E-state index contributed by atoms with van der Waals surface area (Å²) < 4.78 is 5.36. The smallest absolute Gasteiger partial charge is 0.225 e. The Morgan fingerprint density at radius 3 is 2.40 bits per heavy atom. The highest BCUT2D eigenvalue weighted by Gasteiger charge is 2.14. The number of ether oxygens (including phenoxy) is 1. The van der Waals surface area contributed by atoms with E-state index in [1.807, 2.05) is 18.5 Å². The van der Waals surface area contributed by atoms with Gasteiger partial charge in [0.1, 0.15) is 0 Å². The standard InChI is InChI=1S/C19H26N4O2/c24-11-8-22(7-6-17-4-2-1-3-5-17)16-18-14-20-19(21-15-18)23-9-12-25-13-10-23/h1-5,14-15,24H,6-13,16H2. The van der Waals surface area contributed by atoms with Crippen LogP contribution in [0.3, 0.4) is 0 Å². The fourth-order valence-corrected chi connectivity index (χ4v) is 2.96. The van der Waals surface area contributed by atoms with Crippen LogP contribution in [0.2, 0.25) is 0 Å². The molecule has 6 nitrogen and oxygen atoms in total. The van der Waals surface area contributed by atoms with Gasteiger partial charge in [0.15, 0.2) is 0 Å². The fourth-order valence-electron chi connectivity index (χ4n) is 2.96. The van der Waals surface area contributed by atoms with Crippen LogP contribution in [0.4, 0.5) is 5.95 Å². The number of morpholine rings is 1. The third kappa shape index (κ3) is 5.49. The highest BCUT2D eigenvalue weighted by molar-refractivity contribution is 5.30. The maximum absolute atomic E-state index is 9.33. The van der Waals surface area contributed by atoms with Crippen LogP contribution in [-0.4, -0.2) is 66.0 Å². The second kappa shape index (κ2) is 9.46. The van der Waals surface area contributed by atoms with Gasteiger partial charge in [-0.05, 0) is 12.0 Å². The van der Waals surface area contributed by atoms with E-state index in [4.69, 9.17) is 4.74 Å². The minimum absolute atomic E-state index is 0.154. The minimum atomic E-state index is 0.154. The van der Waals surface area contributed by atoms with E-state index in [9.17, 15) is 5.11 Å². The Hall–Kier alpha value is -2.02. The molecule has 0 spiro atoms. The summed E-state index contributed by atoms with van der Waals surface area (Å²) in [5, 5.41) is 9.33. The first-order valence-electron chi connectivity index (χ1n) is 8.86. The third-order valence-corrected chi connectivity index (χ3v) is 4.37. The molecule has 0 radical (unpaired) electrons. The number of rotatable bonds is 8. The maximum Gasteiger partial charge on any atom is 0.225 e. The van der Waals surface area contributed by atoms with Gasteiger partial charge in [-0.2, -0.15) is 0 Å². The van der Waals surface area contributed by atoms with Gasteiger partial charge in [0.2, 0.25) is 5.95 Å². The van der Waals surface area contributed by atoms with Gasteiger partial charge in [-0.1, -0.05) is 30.3 Å². The number of anilines is 1. The van der Waals surface area contributed by atoms with E-state index in [1.54, 1.807) is 0 Å². The summed E-state index contributed by atoms with van der Waals surface area (Å²) in [5.41, 5.74) is 2.38. The molecule has 134 valence electrons. The van der Waals surface area contributed by atoms with E-state index in [0.29, 0.717) is 6.54 Å². The molecule has 0 bridgehead atoms. The quantitative estimate of drug-likeness (QED) is 0.781. The largest absolute Gasteiger partial charge is 0.395 e. The summed E-state index contributed by atoms with van der Waals surface area (Å²) in [5.74, 6) is 0.769. The molecule has 3 rings (SSSR count).